The van der Waals surface area contributed by atoms with Crippen LogP contribution in [0.1, 0.15) is 49.9 Å². The largest absolute Gasteiger partial charge is 0.453 e. The van der Waals surface area contributed by atoms with Crippen molar-refractivity contribution in [1.29, 1.82) is 0 Å². The molecule has 1 fully saturated rings. The summed E-state index contributed by atoms with van der Waals surface area (Å²) in [6, 6.07) is 25.3. The van der Waals surface area contributed by atoms with Crippen LogP contribution in [0.5, 0.6) is 0 Å². The highest BCUT2D eigenvalue weighted by atomic mass is 32.2. The quantitative estimate of drug-likeness (QED) is 0.270. The number of anilines is 1. The molecule has 1 aliphatic rings. The van der Waals surface area contributed by atoms with Crippen molar-refractivity contribution in [2.24, 2.45) is 5.92 Å². The summed E-state index contributed by atoms with van der Waals surface area (Å²) in [6.45, 7) is 4.91. The lowest BCUT2D eigenvalue weighted by Gasteiger charge is -2.41. The van der Waals surface area contributed by atoms with Gasteiger partial charge >= 0.3 is 5.97 Å². The van der Waals surface area contributed by atoms with Gasteiger partial charge in [-0.15, -0.1) is 11.8 Å². The van der Waals surface area contributed by atoms with Crippen LogP contribution in [0, 0.1) is 5.92 Å². The van der Waals surface area contributed by atoms with Crippen molar-refractivity contribution in [1.82, 2.24) is 0 Å². The third kappa shape index (κ3) is 7.23. The molecule has 5 atom stereocenters. The van der Waals surface area contributed by atoms with E-state index in [0.29, 0.717) is 5.69 Å². The van der Waals surface area contributed by atoms with Crippen LogP contribution >= 0.6 is 11.8 Å². The molecule has 3 aromatic carbocycles. The second-order valence-electron chi connectivity index (χ2n) is 9.31. The lowest BCUT2D eigenvalue weighted by molar-refractivity contribution is -0.268. The molecule has 0 radical (unpaired) electrons. The molecule has 38 heavy (non-hydrogen) atoms. The predicted octanol–water partition coefficient (Wildman–Crippen LogP) is 5.65. The van der Waals surface area contributed by atoms with Crippen LogP contribution in [0.2, 0.25) is 0 Å². The van der Waals surface area contributed by atoms with Gasteiger partial charge in [0.1, 0.15) is 0 Å². The standard InChI is InChI=1S/C30H33NO6S/c1-19-27(18-38-26-10-5-4-6-11-26)36-30(37-28(19)23-14-12-22(17-32)13-15-23)24-8-7-9-25(16-24)31-29(34)20(2)35-21(3)33/h4-16,19-20,27-28,30,32H,17-18H2,1-3H3,(H,31,34). The average molecular weight is 536 g/mol. The first-order chi connectivity index (χ1) is 18.3. The number of thioether (sulfide) groups is 1. The van der Waals surface area contributed by atoms with Crippen LogP contribution in [0.25, 0.3) is 0 Å². The molecule has 4 rings (SSSR count). The molecule has 5 unspecified atom stereocenters. The summed E-state index contributed by atoms with van der Waals surface area (Å²) in [5.74, 6) is -0.130. The summed E-state index contributed by atoms with van der Waals surface area (Å²) in [7, 11) is 0. The van der Waals surface area contributed by atoms with Crippen LogP contribution in [0.4, 0.5) is 5.69 Å². The van der Waals surface area contributed by atoms with Gasteiger partial charge in [0, 0.05) is 34.7 Å². The highest BCUT2D eigenvalue weighted by Crippen LogP contribution is 2.43. The number of carbonyl (C=O) groups is 2. The molecule has 2 N–H and O–H groups in total. The number of hydrogen-bond acceptors (Lipinski definition) is 7. The maximum atomic E-state index is 12.5. The van der Waals surface area contributed by atoms with Gasteiger partial charge in [-0.2, -0.15) is 0 Å². The summed E-state index contributed by atoms with van der Waals surface area (Å²) >= 11 is 1.74. The fraction of sp³-hybridized carbons (Fsp3) is 0.333. The Hall–Kier alpha value is -3.17. The second kappa shape index (κ2) is 13.1. The molecule has 1 aliphatic heterocycles. The zero-order valence-electron chi connectivity index (χ0n) is 21.7. The molecular weight excluding hydrogens is 502 g/mol. The van der Waals surface area contributed by atoms with Gasteiger partial charge in [0.05, 0.1) is 18.8 Å². The van der Waals surface area contributed by atoms with E-state index < -0.39 is 24.3 Å². The number of esters is 1. The van der Waals surface area contributed by atoms with Crippen LogP contribution in [-0.4, -0.2) is 34.9 Å². The lowest BCUT2D eigenvalue weighted by Crippen LogP contribution is -2.38. The minimum absolute atomic E-state index is 0.0159. The van der Waals surface area contributed by atoms with Gasteiger partial charge in [-0.25, -0.2) is 0 Å². The first kappa shape index (κ1) is 27.9. The third-order valence-electron chi connectivity index (χ3n) is 6.42. The number of carbonyl (C=O) groups excluding carboxylic acids is 2. The Morgan fingerprint density at radius 3 is 2.42 bits per heavy atom. The first-order valence-corrected chi connectivity index (χ1v) is 13.6. The van der Waals surface area contributed by atoms with Gasteiger partial charge in [0.15, 0.2) is 12.4 Å². The number of aliphatic hydroxyl groups is 1. The second-order valence-corrected chi connectivity index (χ2v) is 10.4. The minimum Gasteiger partial charge on any atom is -0.453 e. The van der Waals surface area contributed by atoms with E-state index in [2.05, 4.69) is 24.4 Å². The molecule has 8 heteroatoms. The number of ether oxygens (including phenoxy) is 3. The highest BCUT2D eigenvalue weighted by molar-refractivity contribution is 7.99. The lowest BCUT2D eigenvalue weighted by atomic mass is 9.91. The number of nitrogens with one attached hydrogen (secondary N) is 1. The summed E-state index contributed by atoms with van der Waals surface area (Å²) < 4.78 is 18.0. The summed E-state index contributed by atoms with van der Waals surface area (Å²) in [6.07, 6.45) is -1.91. The Morgan fingerprint density at radius 2 is 1.74 bits per heavy atom. The zero-order chi connectivity index (χ0) is 27.1. The van der Waals surface area contributed by atoms with E-state index >= 15 is 0 Å². The first-order valence-electron chi connectivity index (χ1n) is 12.6. The van der Waals surface area contributed by atoms with Crippen LogP contribution in [0.3, 0.4) is 0 Å². The molecule has 200 valence electrons. The number of aliphatic hydroxyl groups excluding tert-OH is 1. The van der Waals surface area contributed by atoms with Crippen molar-refractivity contribution >= 4 is 29.3 Å². The topological polar surface area (TPSA) is 94.1 Å². The zero-order valence-corrected chi connectivity index (χ0v) is 22.5. The molecule has 0 saturated carbocycles. The molecule has 1 saturated heterocycles. The van der Waals surface area contributed by atoms with E-state index in [1.807, 2.05) is 60.7 Å². The molecule has 0 bridgehead atoms. The van der Waals surface area contributed by atoms with Crippen LogP contribution in [0.15, 0.2) is 83.8 Å². The monoisotopic (exact) mass is 535 g/mol. The normalized spacial score (nSPS) is 21.9. The number of rotatable bonds is 9. The van der Waals surface area contributed by atoms with E-state index in [0.717, 1.165) is 22.4 Å². The van der Waals surface area contributed by atoms with E-state index in [-0.39, 0.29) is 24.7 Å². The van der Waals surface area contributed by atoms with E-state index in [9.17, 15) is 14.7 Å². The van der Waals surface area contributed by atoms with Gasteiger partial charge in [0.25, 0.3) is 5.91 Å². The minimum atomic E-state index is -0.912. The van der Waals surface area contributed by atoms with Crippen LogP contribution < -0.4 is 5.32 Å². The van der Waals surface area contributed by atoms with Crippen molar-refractivity contribution in [3.8, 4) is 0 Å². The van der Waals surface area contributed by atoms with Crippen molar-refractivity contribution < 1.29 is 28.9 Å². The van der Waals surface area contributed by atoms with E-state index in [1.165, 1.54) is 18.7 Å². The maximum absolute atomic E-state index is 12.5. The Bertz CT molecular complexity index is 1220. The molecule has 0 aliphatic carbocycles. The summed E-state index contributed by atoms with van der Waals surface area (Å²) in [5.41, 5.74) is 3.17. The molecule has 0 spiro atoms. The van der Waals surface area contributed by atoms with Gasteiger partial charge in [-0.05, 0) is 42.3 Å². The van der Waals surface area contributed by atoms with Crippen LogP contribution in [-0.2, 0) is 30.4 Å². The summed E-state index contributed by atoms with van der Waals surface area (Å²) in [5, 5.41) is 12.3. The summed E-state index contributed by atoms with van der Waals surface area (Å²) in [4.78, 5) is 24.8. The van der Waals surface area contributed by atoms with Crippen molar-refractivity contribution in [3.63, 3.8) is 0 Å². The molecule has 3 aromatic rings. The fourth-order valence-electron chi connectivity index (χ4n) is 4.31. The Labute approximate surface area is 227 Å². The van der Waals surface area contributed by atoms with Gasteiger partial charge < -0.3 is 24.6 Å². The van der Waals surface area contributed by atoms with E-state index in [4.69, 9.17) is 14.2 Å². The molecule has 7 nitrogen and oxygen atoms in total. The van der Waals surface area contributed by atoms with Crippen molar-refractivity contribution in [2.45, 2.75) is 56.9 Å². The van der Waals surface area contributed by atoms with Crippen molar-refractivity contribution in [3.05, 3.63) is 95.6 Å². The Balaban J connectivity index is 1.56. The number of hydrogen-bond donors (Lipinski definition) is 2. The molecule has 0 aromatic heterocycles. The predicted molar refractivity (Wildman–Crippen MR) is 146 cm³/mol. The number of amides is 1. The van der Waals surface area contributed by atoms with Gasteiger partial charge in [-0.1, -0.05) is 61.5 Å². The average Bonchev–Trinajstić information content (AvgIpc) is 2.93. The van der Waals surface area contributed by atoms with Gasteiger partial charge in [-0.3, -0.25) is 9.59 Å². The molecule has 1 amide bonds. The molecule has 1 heterocycles. The Kier molecular flexibility index (Phi) is 9.58. The SMILES string of the molecule is CC(=O)OC(C)C(=O)Nc1cccc(C2OC(CSc3ccccc3)C(C)C(c3ccc(CO)cc3)O2)c1. The number of benzene rings is 3. The maximum Gasteiger partial charge on any atom is 0.303 e. The highest BCUT2D eigenvalue weighted by Gasteiger charge is 2.38. The smallest absolute Gasteiger partial charge is 0.303 e. The Morgan fingerprint density at radius 1 is 1.00 bits per heavy atom. The fourth-order valence-corrected chi connectivity index (χ4v) is 5.40. The third-order valence-corrected chi connectivity index (χ3v) is 7.52. The molecular formula is C30H33NO6S. The van der Waals surface area contributed by atoms with Crippen molar-refractivity contribution in [2.75, 3.05) is 11.1 Å². The van der Waals surface area contributed by atoms with E-state index in [1.54, 1.807) is 17.8 Å². The van der Waals surface area contributed by atoms with Gasteiger partial charge in [0.2, 0.25) is 0 Å².